The summed E-state index contributed by atoms with van der Waals surface area (Å²) >= 11 is 6.39. The van der Waals surface area contributed by atoms with Gasteiger partial charge in [0.05, 0.1) is 17.7 Å². The average Bonchev–Trinajstić information content (AvgIpc) is 2.95. The van der Waals surface area contributed by atoms with Crippen molar-refractivity contribution < 1.29 is 22.7 Å². The smallest absolute Gasteiger partial charge is 0.264 e. The van der Waals surface area contributed by atoms with Crippen LogP contribution in [-0.4, -0.2) is 50.9 Å². The highest BCUT2D eigenvalue weighted by atomic mass is 35.5. The lowest BCUT2D eigenvalue weighted by molar-refractivity contribution is -0.139. The van der Waals surface area contributed by atoms with E-state index in [2.05, 4.69) is 5.32 Å². The number of anilines is 1. The van der Waals surface area contributed by atoms with Crippen LogP contribution in [0.1, 0.15) is 32.8 Å². The van der Waals surface area contributed by atoms with Gasteiger partial charge in [-0.1, -0.05) is 61.0 Å². The Morgan fingerprint density at radius 3 is 2.28 bits per heavy atom. The van der Waals surface area contributed by atoms with Crippen LogP contribution < -0.4 is 14.4 Å². The van der Waals surface area contributed by atoms with Crippen LogP contribution >= 0.6 is 11.6 Å². The molecule has 0 radical (unpaired) electrons. The summed E-state index contributed by atoms with van der Waals surface area (Å²) in [5.74, 6) is -0.477. The Bertz CT molecular complexity index is 1380. The highest BCUT2D eigenvalue weighted by Crippen LogP contribution is 2.28. The molecule has 0 aromatic heterocycles. The standard InChI is InChI=1S/C29H34ClN3O5S/c1-5-21(2)31-29(35)22(3)32(19-23-12-9-10-17-27(23)30)28(34)20-33(24-13-11-14-25(18-24)38-4)39(36,37)26-15-7-6-8-16-26/h6-18,21-22H,5,19-20H2,1-4H3,(H,31,35)/t21-,22-/m0/s1. The lowest BCUT2D eigenvalue weighted by atomic mass is 10.1. The molecule has 208 valence electrons. The SMILES string of the molecule is CC[C@H](C)NC(=O)[C@H](C)N(Cc1ccccc1Cl)C(=O)CN(c1cccc(OC)c1)S(=O)(=O)c1ccccc1. The van der Waals surface area contributed by atoms with Gasteiger partial charge < -0.3 is 15.0 Å². The van der Waals surface area contributed by atoms with Crippen molar-refractivity contribution in [2.75, 3.05) is 18.0 Å². The van der Waals surface area contributed by atoms with Crippen LogP contribution in [0.15, 0.2) is 83.8 Å². The molecule has 10 heteroatoms. The van der Waals surface area contributed by atoms with Crippen molar-refractivity contribution in [2.24, 2.45) is 0 Å². The predicted molar refractivity (Wildman–Crippen MR) is 153 cm³/mol. The second-order valence-electron chi connectivity index (χ2n) is 9.13. The summed E-state index contributed by atoms with van der Waals surface area (Å²) in [7, 11) is -2.68. The first-order valence-electron chi connectivity index (χ1n) is 12.6. The van der Waals surface area contributed by atoms with Gasteiger partial charge >= 0.3 is 0 Å². The van der Waals surface area contributed by atoms with E-state index in [0.717, 1.165) is 10.7 Å². The fourth-order valence-corrected chi connectivity index (χ4v) is 5.49. The Morgan fingerprint density at radius 2 is 1.64 bits per heavy atom. The zero-order chi connectivity index (χ0) is 28.6. The minimum atomic E-state index is -4.15. The summed E-state index contributed by atoms with van der Waals surface area (Å²) in [6.45, 7) is 4.92. The first kappa shape index (κ1) is 30.0. The molecule has 2 amide bonds. The Kier molecular flexibility index (Phi) is 10.4. The van der Waals surface area contributed by atoms with E-state index in [9.17, 15) is 18.0 Å². The first-order valence-corrected chi connectivity index (χ1v) is 14.4. The van der Waals surface area contributed by atoms with Gasteiger partial charge in [-0.05, 0) is 56.2 Å². The van der Waals surface area contributed by atoms with E-state index in [4.69, 9.17) is 16.3 Å². The molecule has 3 aromatic rings. The summed E-state index contributed by atoms with van der Waals surface area (Å²) in [5, 5.41) is 3.34. The Hall–Kier alpha value is -3.56. The van der Waals surface area contributed by atoms with Crippen LogP contribution in [0.4, 0.5) is 5.69 Å². The molecule has 0 spiro atoms. The quantitative estimate of drug-likeness (QED) is 0.334. The monoisotopic (exact) mass is 571 g/mol. The summed E-state index contributed by atoms with van der Waals surface area (Å²) in [4.78, 5) is 28.4. The molecule has 0 saturated carbocycles. The molecule has 2 atom stereocenters. The summed E-state index contributed by atoms with van der Waals surface area (Å²) in [6.07, 6.45) is 0.718. The second-order valence-corrected chi connectivity index (χ2v) is 11.4. The topological polar surface area (TPSA) is 96.0 Å². The maximum atomic E-state index is 13.9. The Balaban J connectivity index is 2.04. The molecule has 0 aliphatic rings. The number of carbonyl (C=O) groups excluding carboxylic acids is 2. The molecule has 3 rings (SSSR count). The molecule has 39 heavy (non-hydrogen) atoms. The number of methoxy groups -OCH3 is 1. The van der Waals surface area contributed by atoms with Gasteiger partial charge in [-0.2, -0.15) is 0 Å². The number of nitrogens with zero attached hydrogens (tertiary/aromatic N) is 2. The minimum Gasteiger partial charge on any atom is -0.497 e. The maximum absolute atomic E-state index is 13.9. The van der Waals surface area contributed by atoms with Crippen molar-refractivity contribution in [1.29, 1.82) is 0 Å². The zero-order valence-electron chi connectivity index (χ0n) is 22.5. The summed E-state index contributed by atoms with van der Waals surface area (Å²) in [6, 6.07) is 20.4. The molecule has 0 aliphatic heterocycles. The third kappa shape index (κ3) is 7.52. The predicted octanol–water partition coefficient (Wildman–Crippen LogP) is 4.88. The van der Waals surface area contributed by atoms with Crippen molar-refractivity contribution in [1.82, 2.24) is 10.2 Å². The number of benzene rings is 3. The van der Waals surface area contributed by atoms with Crippen molar-refractivity contribution >= 4 is 39.1 Å². The van der Waals surface area contributed by atoms with Crippen LogP contribution in [0.25, 0.3) is 0 Å². The van der Waals surface area contributed by atoms with Gasteiger partial charge in [0.15, 0.2) is 0 Å². The molecule has 8 nitrogen and oxygen atoms in total. The molecule has 0 bridgehead atoms. The van der Waals surface area contributed by atoms with Crippen LogP contribution in [0.5, 0.6) is 5.75 Å². The van der Waals surface area contributed by atoms with Gasteiger partial charge in [0, 0.05) is 23.7 Å². The summed E-state index contributed by atoms with van der Waals surface area (Å²) in [5.41, 5.74) is 0.885. The van der Waals surface area contributed by atoms with Crippen LogP contribution in [0, 0.1) is 0 Å². The van der Waals surface area contributed by atoms with Gasteiger partial charge in [-0.25, -0.2) is 8.42 Å². The van der Waals surface area contributed by atoms with E-state index in [1.807, 2.05) is 13.8 Å². The van der Waals surface area contributed by atoms with E-state index in [-0.39, 0.29) is 29.1 Å². The third-order valence-corrected chi connectivity index (χ3v) is 8.58. The number of rotatable bonds is 12. The first-order chi connectivity index (χ1) is 18.6. The van der Waals surface area contributed by atoms with Crippen molar-refractivity contribution in [2.45, 2.75) is 50.7 Å². The number of carbonyl (C=O) groups is 2. The van der Waals surface area contributed by atoms with E-state index in [1.54, 1.807) is 73.7 Å². The normalized spacial score (nSPS) is 12.7. The maximum Gasteiger partial charge on any atom is 0.264 e. The molecule has 0 fully saturated rings. The number of halogens is 1. The number of hydrogen-bond acceptors (Lipinski definition) is 5. The Morgan fingerprint density at radius 1 is 0.974 bits per heavy atom. The van der Waals surface area contributed by atoms with Gasteiger partial charge in [0.1, 0.15) is 18.3 Å². The minimum absolute atomic E-state index is 0.0188. The van der Waals surface area contributed by atoms with E-state index < -0.39 is 28.5 Å². The molecule has 0 heterocycles. The molecule has 0 aliphatic carbocycles. The number of amides is 2. The number of sulfonamides is 1. The highest BCUT2D eigenvalue weighted by Gasteiger charge is 2.33. The fraction of sp³-hybridized carbons (Fsp3) is 0.310. The molecular formula is C29H34ClN3O5S. The lowest BCUT2D eigenvalue weighted by Gasteiger charge is -2.32. The second kappa shape index (κ2) is 13.5. The van der Waals surface area contributed by atoms with E-state index in [0.29, 0.717) is 16.3 Å². The van der Waals surface area contributed by atoms with E-state index in [1.165, 1.54) is 24.1 Å². The average molecular weight is 572 g/mol. The third-order valence-electron chi connectivity index (χ3n) is 6.42. The van der Waals surface area contributed by atoms with Gasteiger partial charge in [-0.3, -0.25) is 13.9 Å². The van der Waals surface area contributed by atoms with Crippen molar-refractivity contribution in [3.05, 3.63) is 89.4 Å². The lowest BCUT2D eigenvalue weighted by Crippen LogP contribution is -2.52. The van der Waals surface area contributed by atoms with Gasteiger partial charge in [0.25, 0.3) is 10.0 Å². The molecule has 3 aromatic carbocycles. The van der Waals surface area contributed by atoms with Crippen LogP contribution in [0.2, 0.25) is 5.02 Å². The molecule has 0 saturated heterocycles. The van der Waals surface area contributed by atoms with Gasteiger partial charge in [0.2, 0.25) is 11.8 Å². The number of nitrogens with one attached hydrogen (secondary N) is 1. The largest absolute Gasteiger partial charge is 0.497 e. The number of ether oxygens (including phenoxy) is 1. The van der Waals surface area contributed by atoms with Crippen LogP contribution in [-0.2, 0) is 26.2 Å². The molecule has 0 unspecified atom stereocenters. The van der Waals surface area contributed by atoms with Crippen molar-refractivity contribution in [3.8, 4) is 5.75 Å². The van der Waals surface area contributed by atoms with Gasteiger partial charge in [-0.15, -0.1) is 0 Å². The fourth-order valence-electron chi connectivity index (χ4n) is 3.87. The summed E-state index contributed by atoms with van der Waals surface area (Å²) < 4.78 is 33.9. The zero-order valence-corrected chi connectivity index (χ0v) is 24.1. The molecule has 1 N–H and O–H groups in total. The van der Waals surface area contributed by atoms with E-state index >= 15 is 0 Å². The highest BCUT2D eigenvalue weighted by molar-refractivity contribution is 7.92. The Labute approximate surface area is 235 Å². The van der Waals surface area contributed by atoms with Crippen molar-refractivity contribution in [3.63, 3.8) is 0 Å². The number of hydrogen-bond donors (Lipinski definition) is 1. The van der Waals surface area contributed by atoms with Crippen LogP contribution in [0.3, 0.4) is 0 Å². The molecular weight excluding hydrogens is 538 g/mol.